The second kappa shape index (κ2) is 7.30. The van der Waals surface area contributed by atoms with Gasteiger partial charge in [-0.25, -0.2) is 18.9 Å². The van der Waals surface area contributed by atoms with Crippen molar-refractivity contribution in [3.05, 3.63) is 74.8 Å². The van der Waals surface area contributed by atoms with Gasteiger partial charge in [-0.1, -0.05) is 12.8 Å². The van der Waals surface area contributed by atoms with Crippen molar-refractivity contribution in [2.45, 2.75) is 44.6 Å². The molecule has 1 aliphatic carbocycles. The molecule has 0 spiro atoms. The average Bonchev–Trinajstić information content (AvgIpc) is 3.31. The topological polar surface area (TPSA) is 85.6 Å². The molecule has 0 radical (unpaired) electrons. The van der Waals surface area contributed by atoms with Gasteiger partial charge in [0.25, 0.3) is 5.56 Å². The van der Waals surface area contributed by atoms with Crippen molar-refractivity contribution in [3.8, 4) is 5.69 Å². The van der Waals surface area contributed by atoms with Crippen molar-refractivity contribution >= 4 is 0 Å². The highest BCUT2D eigenvalue weighted by atomic mass is 19.1. The molecule has 1 fully saturated rings. The van der Waals surface area contributed by atoms with Crippen molar-refractivity contribution in [3.63, 3.8) is 0 Å². The fourth-order valence-electron chi connectivity index (χ4n) is 3.51. The lowest BCUT2D eigenvalue weighted by atomic mass is 10.1. The van der Waals surface area contributed by atoms with Gasteiger partial charge in [0, 0.05) is 31.1 Å². The van der Waals surface area contributed by atoms with Gasteiger partial charge in [-0.2, -0.15) is 5.10 Å². The van der Waals surface area contributed by atoms with Gasteiger partial charge in [-0.3, -0.25) is 9.78 Å². The monoisotopic (exact) mass is 369 g/mol. The largest absolute Gasteiger partial charge is 0.328 e. The third-order valence-corrected chi connectivity index (χ3v) is 4.96. The molecule has 3 aromatic rings. The summed E-state index contributed by atoms with van der Waals surface area (Å²) in [4.78, 5) is 30.1. The standard InChI is InChI=1S/C19H20FN5O2/c20-14-5-7-15(8-6-14)25-16(21-18(23-25)13-3-1-2-4-13)9-11-24-12-10-17(26)22-19(24)27/h5-8,10,12-13H,1-4,9,11H2,(H,22,26,27). The predicted molar refractivity (Wildman–Crippen MR) is 97.6 cm³/mol. The summed E-state index contributed by atoms with van der Waals surface area (Å²) < 4.78 is 16.4. The summed E-state index contributed by atoms with van der Waals surface area (Å²) in [5, 5.41) is 4.68. The fourth-order valence-corrected chi connectivity index (χ4v) is 3.51. The third kappa shape index (κ3) is 3.74. The molecule has 8 heteroatoms. The van der Waals surface area contributed by atoms with Crippen molar-refractivity contribution in [2.75, 3.05) is 0 Å². The molecule has 0 saturated heterocycles. The molecule has 2 heterocycles. The lowest BCUT2D eigenvalue weighted by molar-refractivity contribution is 0.613. The molecule has 27 heavy (non-hydrogen) atoms. The number of aromatic amines is 1. The molecule has 1 aromatic carbocycles. The lowest BCUT2D eigenvalue weighted by Gasteiger charge is -2.07. The number of halogens is 1. The van der Waals surface area contributed by atoms with E-state index in [-0.39, 0.29) is 5.82 Å². The van der Waals surface area contributed by atoms with E-state index in [0.29, 0.717) is 24.7 Å². The number of hydrogen-bond donors (Lipinski definition) is 1. The van der Waals surface area contributed by atoms with Crippen molar-refractivity contribution < 1.29 is 4.39 Å². The van der Waals surface area contributed by atoms with Crippen LogP contribution in [0, 0.1) is 5.82 Å². The molecule has 0 atom stereocenters. The molecule has 1 N–H and O–H groups in total. The van der Waals surface area contributed by atoms with Crippen LogP contribution in [0.5, 0.6) is 0 Å². The molecule has 1 aliphatic rings. The first kappa shape index (κ1) is 17.4. The number of H-pyrrole nitrogens is 1. The number of benzene rings is 1. The molecule has 140 valence electrons. The smallest absolute Gasteiger partial charge is 0.300 e. The zero-order valence-corrected chi connectivity index (χ0v) is 14.8. The normalized spacial score (nSPS) is 14.7. The van der Waals surface area contributed by atoms with Crippen LogP contribution in [0.25, 0.3) is 5.69 Å². The van der Waals surface area contributed by atoms with Gasteiger partial charge in [0.1, 0.15) is 11.6 Å². The molecule has 1 saturated carbocycles. The summed E-state index contributed by atoms with van der Waals surface area (Å²) in [6.45, 7) is 0.361. The molecular formula is C19H20FN5O2. The van der Waals surface area contributed by atoms with Gasteiger partial charge < -0.3 is 4.57 Å². The van der Waals surface area contributed by atoms with E-state index in [9.17, 15) is 14.0 Å². The second-order valence-corrected chi connectivity index (χ2v) is 6.81. The number of hydrogen-bond acceptors (Lipinski definition) is 4. The molecule has 2 aromatic heterocycles. The molecule has 4 rings (SSSR count). The van der Waals surface area contributed by atoms with E-state index in [1.165, 1.54) is 41.8 Å². The summed E-state index contributed by atoms with van der Waals surface area (Å²) in [5.74, 6) is 1.56. The lowest BCUT2D eigenvalue weighted by Crippen LogP contribution is -2.29. The van der Waals surface area contributed by atoms with Crippen LogP contribution >= 0.6 is 0 Å². The summed E-state index contributed by atoms with van der Waals surface area (Å²) in [7, 11) is 0. The van der Waals surface area contributed by atoms with Crippen LogP contribution < -0.4 is 11.2 Å². The van der Waals surface area contributed by atoms with Gasteiger partial charge in [0.05, 0.1) is 5.69 Å². The Labute approximate surface area is 154 Å². The maximum atomic E-state index is 13.3. The second-order valence-electron chi connectivity index (χ2n) is 6.81. The van der Waals surface area contributed by atoms with Crippen LogP contribution in [-0.4, -0.2) is 24.3 Å². The summed E-state index contributed by atoms with van der Waals surface area (Å²) >= 11 is 0. The van der Waals surface area contributed by atoms with Crippen molar-refractivity contribution in [1.29, 1.82) is 0 Å². The molecule has 0 unspecified atom stereocenters. The van der Waals surface area contributed by atoms with Crippen LogP contribution in [0.15, 0.2) is 46.1 Å². The van der Waals surface area contributed by atoms with Crippen LogP contribution in [0.3, 0.4) is 0 Å². The van der Waals surface area contributed by atoms with Crippen LogP contribution in [-0.2, 0) is 13.0 Å². The Morgan fingerprint density at radius 2 is 1.85 bits per heavy atom. The van der Waals surface area contributed by atoms with Gasteiger partial charge in [0.15, 0.2) is 5.82 Å². The minimum absolute atomic E-state index is 0.309. The molecule has 0 bridgehead atoms. The first-order chi connectivity index (χ1) is 13.1. The number of rotatable bonds is 5. The highest BCUT2D eigenvalue weighted by Gasteiger charge is 2.23. The number of aryl methyl sites for hydroxylation is 2. The van der Waals surface area contributed by atoms with Gasteiger partial charge in [0.2, 0.25) is 0 Å². The van der Waals surface area contributed by atoms with Gasteiger partial charge >= 0.3 is 5.69 Å². The van der Waals surface area contributed by atoms with E-state index >= 15 is 0 Å². The van der Waals surface area contributed by atoms with Gasteiger partial charge in [-0.05, 0) is 37.1 Å². The molecule has 7 nitrogen and oxygen atoms in total. The number of nitrogens with one attached hydrogen (secondary N) is 1. The Morgan fingerprint density at radius 1 is 1.11 bits per heavy atom. The maximum Gasteiger partial charge on any atom is 0.328 e. The Bertz CT molecular complexity index is 1040. The summed E-state index contributed by atoms with van der Waals surface area (Å²) in [6, 6.07) is 7.43. The molecular weight excluding hydrogens is 349 g/mol. The van der Waals surface area contributed by atoms with Crippen LogP contribution in [0.2, 0.25) is 0 Å². The highest BCUT2D eigenvalue weighted by molar-refractivity contribution is 5.32. The van der Waals surface area contributed by atoms with Gasteiger partial charge in [-0.15, -0.1) is 0 Å². The number of nitrogens with zero attached hydrogens (tertiary/aromatic N) is 4. The first-order valence-corrected chi connectivity index (χ1v) is 9.12. The Hall–Kier alpha value is -3.03. The van der Waals surface area contributed by atoms with E-state index in [4.69, 9.17) is 4.98 Å². The fraction of sp³-hybridized carbons (Fsp3) is 0.368. The van der Waals surface area contributed by atoms with Crippen LogP contribution in [0.1, 0.15) is 43.3 Å². The zero-order valence-electron chi connectivity index (χ0n) is 14.8. The predicted octanol–water partition coefficient (Wildman–Crippen LogP) is 2.16. The SMILES string of the molecule is O=c1ccn(CCc2nc(C3CCCC3)nn2-c2ccc(F)cc2)c(=O)[nH]1. The average molecular weight is 369 g/mol. The first-order valence-electron chi connectivity index (χ1n) is 9.12. The van der Waals surface area contributed by atoms with Crippen molar-refractivity contribution in [2.24, 2.45) is 0 Å². The Kier molecular flexibility index (Phi) is 4.70. The summed E-state index contributed by atoms with van der Waals surface area (Å²) in [6.07, 6.45) is 6.44. The minimum Gasteiger partial charge on any atom is -0.300 e. The maximum absolute atomic E-state index is 13.3. The van der Waals surface area contributed by atoms with E-state index in [0.717, 1.165) is 24.4 Å². The minimum atomic E-state index is -0.452. The quantitative estimate of drug-likeness (QED) is 0.747. The Morgan fingerprint density at radius 3 is 2.56 bits per heavy atom. The zero-order chi connectivity index (χ0) is 18.8. The third-order valence-electron chi connectivity index (χ3n) is 4.96. The van der Waals surface area contributed by atoms with E-state index in [1.54, 1.807) is 16.8 Å². The summed E-state index contributed by atoms with van der Waals surface area (Å²) in [5.41, 5.74) is -0.141. The van der Waals surface area contributed by atoms with Crippen molar-refractivity contribution in [1.82, 2.24) is 24.3 Å². The van der Waals surface area contributed by atoms with E-state index in [1.807, 2.05) is 0 Å². The number of aromatic nitrogens is 5. The highest BCUT2D eigenvalue weighted by Crippen LogP contribution is 2.32. The van der Waals surface area contributed by atoms with E-state index < -0.39 is 11.2 Å². The Balaban J connectivity index is 1.65. The molecule has 0 amide bonds. The molecule has 0 aliphatic heterocycles. The van der Waals surface area contributed by atoms with Crippen LogP contribution in [0.4, 0.5) is 4.39 Å². The van der Waals surface area contributed by atoms with E-state index in [2.05, 4.69) is 10.1 Å².